The summed E-state index contributed by atoms with van der Waals surface area (Å²) in [4.78, 5) is 24.4. The number of carbonyl (C=O) groups excluding carboxylic acids is 1. The van der Waals surface area contributed by atoms with E-state index >= 15 is 0 Å². The maximum atomic E-state index is 13.1. The molecule has 5 rings (SSSR count). The van der Waals surface area contributed by atoms with E-state index in [9.17, 15) is 9.18 Å². The number of hydrogen-bond donors (Lipinski definition) is 0. The summed E-state index contributed by atoms with van der Waals surface area (Å²) in [6.07, 6.45) is 2.26. The fourth-order valence-electron chi connectivity index (χ4n) is 4.66. The van der Waals surface area contributed by atoms with Gasteiger partial charge in [0.2, 0.25) is 11.0 Å². The molecule has 2 aliphatic heterocycles. The number of nitrogens with zero attached hydrogens (tertiary/aromatic N) is 5. The van der Waals surface area contributed by atoms with E-state index in [0.717, 1.165) is 79.3 Å². The van der Waals surface area contributed by atoms with Gasteiger partial charge < -0.3 is 14.7 Å². The van der Waals surface area contributed by atoms with Crippen molar-refractivity contribution in [3.05, 3.63) is 70.8 Å². The Kier molecular flexibility index (Phi) is 6.97. The van der Waals surface area contributed by atoms with Crippen LogP contribution in [0.5, 0.6) is 0 Å². The third-order valence-electron chi connectivity index (χ3n) is 6.61. The first-order valence-electron chi connectivity index (χ1n) is 11.7. The van der Waals surface area contributed by atoms with Crippen molar-refractivity contribution in [3.63, 3.8) is 0 Å². The molecule has 1 aromatic heterocycles. The van der Waals surface area contributed by atoms with Crippen LogP contribution in [0.4, 0.5) is 15.2 Å². The summed E-state index contributed by atoms with van der Waals surface area (Å²) in [7, 11) is 0. The molecule has 0 radical (unpaired) electrons. The third kappa shape index (κ3) is 5.33. The number of hydrogen-bond acceptors (Lipinski definition) is 6. The second kappa shape index (κ2) is 10.3. The number of piperazine rings is 1. The Hall–Kier alpha value is -2.71. The van der Waals surface area contributed by atoms with Gasteiger partial charge >= 0.3 is 0 Å². The van der Waals surface area contributed by atoms with E-state index in [1.54, 1.807) is 12.1 Å². The molecule has 0 spiro atoms. The molecule has 0 bridgehead atoms. The highest BCUT2D eigenvalue weighted by Gasteiger charge is 2.31. The highest BCUT2D eigenvalue weighted by molar-refractivity contribution is 7.09. The van der Waals surface area contributed by atoms with Crippen molar-refractivity contribution in [1.29, 1.82) is 0 Å². The monoisotopic (exact) mass is 499 g/mol. The molecular weight excluding hydrogens is 473 g/mol. The van der Waals surface area contributed by atoms with Gasteiger partial charge in [0.05, 0.1) is 0 Å². The number of anilines is 2. The Labute approximate surface area is 208 Å². The molecule has 34 heavy (non-hydrogen) atoms. The van der Waals surface area contributed by atoms with E-state index in [0.29, 0.717) is 6.42 Å². The van der Waals surface area contributed by atoms with Gasteiger partial charge in [-0.2, -0.15) is 4.37 Å². The molecular formula is C25H27ClFN5OS. The van der Waals surface area contributed by atoms with Crippen LogP contribution in [0.2, 0.25) is 5.02 Å². The van der Waals surface area contributed by atoms with Gasteiger partial charge in [0.25, 0.3) is 0 Å². The van der Waals surface area contributed by atoms with Crippen LogP contribution in [0.25, 0.3) is 0 Å². The zero-order valence-electron chi connectivity index (χ0n) is 18.9. The number of rotatable bonds is 5. The molecule has 0 saturated carbocycles. The van der Waals surface area contributed by atoms with Gasteiger partial charge in [0.1, 0.15) is 11.6 Å². The SMILES string of the molecule is O=C(C1CCN(c2nc(Cc3ccc(F)cc3)ns2)CC1)N1CCN(c2cccc(Cl)c2)CC1. The Morgan fingerprint density at radius 2 is 1.74 bits per heavy atom. The van der Waals surface area contributed by atoms with Gasteiger partial charge in [-0.3, -0.25) is 4.79 Å². The average Bonchev–Trinajstić information content (AvgIpc) is 3.34. The molecule has 178 valence electrons. The van der Waals surface area contributed by atoms with Crippen molar-refractivity contribution in [2.45, 2.75) is 19.3 Å². The number of amides is 1. The summed E-state index contributed by atoms with van der Waals surface area (Å²) in [5.74, 6) is 0.860. The zero-order valence-corrected chi connectivity index (χ0v) is 20.4. The van der Waals surface area contributed by atoms with Gasteiger partial charge in [-0.1, -0.05) is 29.8 Å². The lowest BCUT2D eigenvalue weighted by Gasteiger charge is -2.39. The van der Waals surface area contributed by atoms with E-state index in [4.69, 9.17) is 11.6 Å². The predicted octanol–water partition coefficient (Wildman–Crippen LogP) is 4.49. The van der Waals surface area contributed by atoms with Crippen LogP contribution in [0, 0.1) is 11.7 Å². The molecule has 0 atom stereocenters. The molecule has 2 saturated heterocycles. The van der Waals surface area contributed by atoms with Crippen LogP contribution in [-0.2, 0) is 11.2 Å². The fourth-order valence-corrected chi connectivity index (χ4v) is 5.58. The molecule has 9 heteroatoms. The van der Waals surface area contributed by atoms with Crippen molar-refractivity contribution in [2.24, 2.45) is 5.92 Å². The number of halogens is 2. The van der Waals surface area contributed by atoms with E-state index < -0.39 is 0 Å². The molecule has 2 aromatic carbocycles. The second-order valence-corrected chi connectivity index (χ2v) is 10.0. The lowest BCUT2D eigenvalue weighted by atomic mass is 9.95. The Bertz CT molecular complexity index is 1120. The van der Waals surface area contributed by atoms with Crippen LogP contribution in [0.1, 0.15) is 24.2 Å². The first-order chi connectivity index (χ1) is 16.5. The van der Waals surface area contributed by atoms with Gasteiger partial charge in [0, 0.05) is 73.8 Å². The number of aromatic nitrogens is 2. The summed E-state index contributed by atoms with van der Waals surface area (Å²) in [5.41, 5.74) is 2.11. The molecule has 3 aromatic rings. The summed E-state index contributed by atoms with van der Waals surface area (Å²) >= 11 is 7.52. The minimum absolute atomic E-state index is 0.0700. The van der Waals surface area contributed by atoms with Gasteiger partial charge in [0.15, 0.2) is 0 Å². The van der Waals surface area contributed by atoms with Crippen LogP contribution < -0.4 is 9.80 Å². The van der Waals surface area contributed by atoms with E-state index in [1.165, 1.54) is 23.7 Å². The maximum absolute atomic E-state index is 13.1. The lowest BCUT2D eigenvalue weighted by molar-refractivity contribution is -0.136. The van der Waals surface area contributed by atoms with Crippen LogP contribution in [0.3, 0.4) is 0 Å². The topological polar surface area (TPSA) is 52.6 Å². The van der Waals surface area contributed by atoms with E-state index in [2.05, 4.69) is 25.2 Å². The molecule has 2 aliphatic rings. The summed E-state index contributed by atoms with van der Waals surface area (Å²) in [6.45, 7) is 4.76. The molecule has 0 unspecified atom stereocenters. The predicted molar refractivity (Wildman–Crippen MR) is 134 cm³/mol. The first kappa shape index (κ1) is 23.1. The Morgan fingerprint density at radius 3 is 2.44 bits per heavy atom. The number of piperidine rings is 1. The zero-order chi connectivity index (χ0) is 23.5. The normalized spacial score (nSPS) is 17.3. The Balaban J connectivity index is 1.10. The highest BCUT2D eigenvalue weighted by Crippen LogP contribution is 2.27. The van der Waals surface area contributed by atoms with Crippen molar-refractivity contribution in [3.8, 4) is 0 Å². The second-order valence-electron chi connectivity index (χ2n) is 8.85. The van der Waals surface area contributed by atoms with Crippen LogP contribution in [0.15, 0.2) is 48.5 Å². The van der Waals surface area contributed by atoms with E-state index in [1.807, 2.05) is 23.1 Å². The van der Waals surface area contributed by atoms with Gasteiger partial charge in [-0.15, -0.1) is 0 Å². The Morgan fingerprint density at radius 1 is 1.00 bits per heavy atom. The molecule has 0 aliphatic carbocycles. The van der Waals surface area contributed by atoms with E-state index in [-0.39, 0.29) is 17.6 Å². The van der Waals surface area contributed by atoms with Crippen molar-refractivity contribution in [2.75, 3.05) is 49.1 Å². The van der Waals surface area contributed by atoms with Crippen LogP contribution >= 0.6 is 23.1 Å². The average molecular weight is 500 g/mol. The van der Waals surface area contributed by atoms with Gasteiger partial charge in [-0.05, 0) is 48.7 Å². The molecule has 6 nitrogen and oxygen atoms in total. The summed E-state index contributed by atoms with van der Waals surface area (Å²) < 4.78 is 17.6. The van der Waals surface area contributed by atoms with Crippen molar-refractivity contribution in [1.82, 2.24) is 14.3 Å². The quantitative estimate of drug-likeness (QED) is 0.518. The third-order valence-corrected chi connectivity index (χ3v) is 7.66. The molecule has 1 amide bonds. The minimum atomic E-state index is -0.240. The minimum Gasteiger partial charge on any atom is -0.368 e. The van der Waals surface area contributed by atoms with Crippen molar-refractivity contribution < 1.29 is 9.18 Å². The first-order valence-corrected chi connectivity index (χ1v) is 12.8. The highest BCUT2D eigenvalue weighted by atomic mass is 35.5. The lowest BCUT2D eigenvalue weighted by Crippen LogP contribution is -2.51. The number of carbonyl (C=O) groups is 1. The summed E-state index contributed by atoms with van der Waals surface area (Å²) in [5, 5.41) is 1.64. The molecule has 0 N–H and O–H groups in total. The summed E-state index contributed by atoms with van der Waals surface area (Å²) in [6, 6.07) is 14.3. The maximum Gasteiger partial charge on any atom is 0.225 e. The van der Waals surface area contributed by atoms with Crippen molar-refractivity contribution >= 4 is 39.9 Å². The molecule has 3 heterocycles. The largest absolute Gasteiger partial charge is 0.368 e. The molecule has 2 fully saturated rings. The van der Waals surface area contributed by atoms with Gasteiger partial charge in [-0.25, -0.2) is 9.37 Å². The number of benzene rings is 2. The standard InChI is InChI=1S/C25H27ClFN5OS/c26-20-2-1-3-22(17-20)30-12-14-31(15-13-30)24(33)19-8-10-32(11-9-19)25-28-23(29-34-25)16-18-4-6-21(27)7-5-18/h1-7,17,19H,8-16H2. The smallest absolute Gasteiger partial charge is 0.225 e. The fraction of sp³-hybridized carbons (Fsp3) is 0.400. The van der Waals surface area contributed by atoms with Crippen LogP contribution in [-0.4, -0.2) is 59.4 Å².